The van der Waals surface area contributed by atoms with Gasteiger partial charge in [0.05, 0.1) is 5.69 Å². The molecule has 0 amide bonds. The fourth-order valence-corrected chi connectivity index (χ4v) is 1.87. The highest BCUT2D eigenvalue weighted by Gasteiger charge is 2.13. The Morgan fingerprint density at radius 2 is 1.93 bits per heavy atom. The number of halogens is 2. The van der Waals surface area contributed by atoms with Gasteiger partial charge in [-0.3, -0.25) is 0 Å². The van der Waals surface area contributed by atoms with Crippen molar-refractivity contribution in [2.75, 3.05) is 18.0 Å². The third-order valence-electron chi connectivity index (χ3n) is 2.39. The van der Waals surface area contributed by atoms with Gasteiger partial charge in [0, 0.05) is 17.6 Å². The Balaban J connectivity index is 2.38. The number of anilines is 1. The van der Waals surface area contributed by atoms with E-state index in [4.69, 9.17) is 0 Å². The average molecular weight is 256 g/mol. The zero-order chi connectivity index (χ0) is 10.1. The maximum atomic E-state index is 13.6. The van der Waals surface area contributed by atoms with Crippen LogP contribution in [0.4, 0.5) is 10.1 Å². The molecule has 1 aromatic carbocycles. The van der Waals surface area contributed by atoms with Crippen molar-refractivity contribution in [3.63, 3.8) is 0 Å². The molecular formula is C11H11BrFN. The minimum Gasteiger partial charge on any atom is -0.362 e. The van der Waals surface area contributed by atoms with E-state index in [0.29, 0.717) is 5.69 Å². The lowest BCUT2D eigenvalue weighted by molar-refractivity contribution is 0.622. The maximum Gasteiger partial charge on any atom is 0.147 e. The lowest BCUT2D eigenvalue weighted by atomic mass is 10.2. The molecule has 74 valence electrons. The second kappa shape index (κ2) is 3.73. The number of nitrogens with zero attached hydrogens (tertiary/aromatic N) is 1. The highest BCUT2D eigenvalue weighted by Crippen LogP contribution is 2.27. The minimum atomic E-state index is -0.161. The van der Waals surface area contributed by atoms with Crippen LogP contribution in [0.15, 0.2) is 28.8 Å². The summed E-state index contributed by atoms with van der Waals surface area (Å²) in [7, 11) is 0. The molecule has 0 radical (unpaired) electrons. The Morgan fingerprint density at radius 1 is 1.29 bits per heavy atom. The molecule has 1 nitrogen and oxygen atoms in total. The monoisotopic (exact) mass is 255 g/mol. The minimum absolute atomic E-state index is 0.161. The smallest absolute Gasteiger partial charge is 0.147 e. The fourth-order valence-electron chi connectivity index (χ4n) is 1.56. The molecule has 0 unspecified atom stereocenters. The van der Waals surface area contributed by atoms with Crippen molar-refractivity contribution < 1.29 is 4.39 Å². The first-order valence-electron chi connectivity index (χ1n) is 4.54. The maximum absolute atomic E-state index is 13.6. The van der Waals surface area contributed by atoms with E-state index in [0.717, 1.165) is 23.1 Å². The molecule has 1 heterocycles. The molecule has 14 heavy (non-hydrogen) atoms. The Hall–Kier alpha value is -0.830. The molecule has 1 aromatic rings. The van der Waals surface area contributed by atoms with E-state index in [9.17, 15) is 4.39 Å². The average Bonchev–Trinajstić information content (AvgIpc) is 2.64. The third kappa shape index (κ3) is 1.69. The summed E-state index contributed by atoms with van der Waals surface area (Å²) in [6, 6.07) is 3.41. The van der Waals surface area contributed by atoms with E-state index in [1.807, 2.05) is 17.9 Å². The molecule has 2 rings (SSSR count). The van der Waals surface area contributed by atoms with E-state index >= 15 is 0 Å². The molecule has 0 aromatic heterocycles. The van der Waals surface area contributed by atoms with Crippen molar-refractivity contribution in [3.8, 4) is 0 Å². The Labute approximate surface area is 91.4 Å². The van der Waals surface area contributed by atoms with E-state index in [2.05, 4.69) is 28.1 Å². The first-order chi connectivity index (χ1) is 6.68. The van der Waals surface area contributed by atoms with Gasteiger partial charge in [-0.1, -0.05) is 28.1 Å². The summed E-state index contributed by atoms with van der Waals surface area (Å²) in [5.41, 5.74) is 1.75. The van der Waals surface area contributed by atoms with Crippen LogP contribution < -0.4 is 4.90 Å². The normalized spacial score (nSPS) is 15.2. The summed E-state index contributed by atoms with van der Waals surface area (Å²) in [5, 5.41) is 0. The second-order valence-electron chi connectivity index (χ2n) is 3.43. The van der Waals surface area contributed by atoms with Crippen LogP contribution in [-0.2, 0) is 0 Å². The van der Waals surface area contributed by atoms with Gasteiger partial charge < -0.3 is 4.90 Å². The van der Waals surface area contributed by atoms with Crippen molar-refractivity contribution >= 4 is 21.6 Å². The summed E-state index contributed by atoms with van der Waals surface area (Å²) in [4.78, 5) is 2.01. The van der Waals surface area contributed by atoms with Gasteiger partial charge >= 0.3 is 0 Å². The molecule has 0 spiro atoms. The van der Waals surface area contributed by atoms with Crippen LogP contribution in [-0.4, -0.2) is 13.1 Å². The SMILES string of the molecule is Cc1cc(N2CC=CC2)c(F)cc1Br. The summed E-state index contributed by atoms with van der Waals surface area (Å²) in [6.45, 7) is 3.58. The van der Waals surface area contributed by atoms with Crippen molar-refractivity contribution in [3.05, 3.63) is 40.1 Å². The lowest BCUT2D eigenvalue weighted by Gasteiger charge is -2.19. The van der Waals surface area contributed by atoms with E-state index in [1.165, 1.54) is 6.07 Å². The molecule has 0 saturated heterocycles. The van der Waals surface area contributed by atoms with Crippen molar-refractivity contribution in [1.82, 2.24) is 0 Å². The number of hydrogen-bond donors (Lipinski definition) is 0. The van der Waals surface area contributed by atoms with Gasteiger partial charge in [0.2, 0.25) is 0 Å². The molecule has 0 N–H and O–H groups in total. The van der Waals surface area contributed by atoms with Gasteiger partial charge in [-0.25, -0.2) is 4.39 Å². The number of benzene rings is 1. The first-order valence-corrected chi connectivity index (χ1v) is 5.33. The summed E-state index contributed by atoms with van der Waals surface area (Å²) in [6.07, 6.45) is 4.10. The molecule has 3 heteroatoms. The van der Waals surface area contributed by atoms with Gasteiger partial charge in [-0.15, -0.1) is 0 Å². The molecule has 0 aliphatic carbocycles. The van der Waals surface area contributed by atoms with Crippen LogP contribution in [0.5, 0.6) is 0 Å². The van der Waals surface area contributed by atoms with E-state index < -0.39 is 0 Å². The molecule has 0 atom stereocenters. The lowest BCUT2D eigenvalue weighted by Crippen LogP contribution is -2.19. The van der Waals surface area contributed by atoms with Crippen molar-refractivity contribution in [1.29, 1.82) is 0 Å². The van der Waals surface area contributed by atoms with Crippen LogP contribution >= 0.6 is 15.9 Å². The second-order valence-corrected chi connectivity index (χ2v) is 4.28. The largest absolute Gasteiger partial charge is 0.362 e. The Morgan fingerprint density at radius 3 is 2.57 bits per heavy atom. The topological polar surface area (TPSA) is 3.24 Å². The van der Waals surface area contributed by atoms with Crippen molar-refractivity contribution in [2.45, 2.75) is 6.92 Å². The van der Waals surface area contributed by atoms with Crippen LogP contribution in [0, 0.1) is 12.7 Å². The standard InChI is InChI=1S/C11H11BrFN/c1-8-6-11(10(13)7-9(8)12)14-4-2-3-5-14/h2-3,6-7H,4-5H2,1H3. The summed E-state index contributed by atoms with van der Waals surface area (Å²) >= 11 is 3.31. The van der Waals surface area contributed by atoms with Gasteiger partial charge in [-0.05, 0) is 24.6 Å². The molecule has 0 bridgehead atoms. The molecule has 0 saturated carbocycles. The zero-order valence-corrected chi connectivity index (χ0v) is 9.51. The Bertz CT molecular complexity index is 379. The predicted octanol–water partition coefficient (Wildman–Crippen LogP) is 3.27. The highest BCUT2D eigenvalue weighted by molar-refractivity contribution is 9.10. The molecule has 1 aliphatic heterocycles. The molecular weight excluding hydrogens is 245 g/mol. The summed E-state index contributed by atoms with van der Waals surface area (Å²) < 4.78 is 14.4. The van der Waals surface area contributed by atoms with Gasteiger partial charge in [-0.2, -0.15) is 0 Å². The van der Waals surface area contributed by atoms with E-state index in [-0.39, 0.29) is 5.82 Å². The number of aryl methyl sites for hydroxylation is 1. The highest BCUT2D eigenvalue weighted by atomic mass is 79.9. The van der Waals surface area contributed by atoms with Crippen molar-refractivity contribution in [2.24, 2.45) is 0 Å². The van der Waals surface area contributed by atoms with Gasteiger partial charge in [0.15, 0.2) is 0 Å². The van der Waals surface area contributed by atoms with E-state index in [1.54, 1.807) is 0 Å². The van der Waals surface area contributed by atoms with Crippen LogP contribution in [0.2, 0.25) is 0 Å². The van der Waals surface area contributed by atoms with Gasteiger partial charge in [0.25, 0.3) is 0 Å². The quantitative estimate of drug-likeness (QED) is 0.697. The Kier molecular flexibility index (Phi) is 2.59. The van der Waals surface area contributed by atoms with Crippen LogP contribution in [0.25, 0.3) is 0 Å². The zero-order valence-electron chi connectivity index (χ0n) is 7.93. The first kappa shape index (κ1) is 9.71. The predicted molar refractivity (Wildman–Crippen MR) is 60.2 cm³/mol. The molecule has 0 fully saturated rings. The number of hydrogen-bond acceptors (Lipinski definition) is 1. The fraction of sp³-hybridized carbons (Fsp3) is 0.273. The van der Waals surface area contributed by atoms with Crippen LogP contribution in [0.1, 0.15) is 5.56 Å². The molecule has 1 aliphatic rings. The van der Waals surface area contributed by atoms with Gasteiger partial charge in [0.1, 0.15) is 5.82 Å². The van der Waals surface area contributed by atoms with Crippen LogP contribution in [0.3, 0.4) is 0 Å². The third-order valence-corrected chi connectivity index (χ3v) is 3.24. The number of rotatable bonds is 1. The summed E-state index contributed by atoms with van der Waals surface area (Å²) in [5.74, 6) is -0.161.